The number of hydrogen-bond acceptors (Lipinski definition) is 6. The first-order chi connectivity index (χ1) is 7.52. The van der Waals surface area contributed by atoms with Crippen molar-refractivity contribution < 1.29 is 9.72 Å². The number of nitrogens with zero attached hydrogens (tertiary/aromatic N) is 3. The van der Waals surface area contributed by atoms with E-state index in [4.69, 9.17) is 17.3 Å². The fraction of sp³-hybridized carbons (Fsp3) is 0.286. The predicted octanol–water partition coefficient (Wildman–Crippen LogP) is 0.325. The van der Waals surface area contributed by atoms with Gasteiger partial charge in [0.25, 0.3) is 0 Å². The molecule has 1 amide bonds. The lowest BCUT2D eigenvalue weighted by Gasteiger charge is -2.04. The fourth-order valence-electron chi connectivity index (χ4n) is 0.953. The number of carbonyl (C=O) groups excluding carboxylic acids is 1. The number of rotatable bonds is 5. The van der Waals surface area contributed by atoms with Gasteiger partial charge in [0.15, 0.2) is 0 Å². The molecule has 0 fully saturated rings. The average Bonchev–Trinajstić information content (AvgIpc) is 2.16. The average molecular weight is 246 g/mol. The van der Waals surface area contributed by atoms with Crippen LogP contribution in [0.5, 0.6) is 0 Å². The quantitative estimate of drug-likeness (QED) is 0.437. The van der Waals surface area contributed by atoms with Gasteiger partial charge in [0.1, 0.15) is 6.33 Å². The van der Waals surface area contributed by atoms with Gasteiger partial charge in [-0.25, -0.2) is 9.97 Å². The van der Waals surface area contributed by atoms with Gasteiger partial charge in [-0.1, -0.05) is 11.6 Å². The van der Waals surface area contributed by atoms with Gasteiger partial charge in [-0.2, -0.15) is 0 Å². The summed E-state index contributed by atoms with van der Waals surface area (Å²) in [5.74, 6) is -0.554. The Bertz CT molecular complexity index is 424. The van der Waals surface area contributed by atoms with Gasteiger partial charge in [-0.15, -0.1) is 0 Å². The second-order valence-corrected chi connectivity index (χ2v) is 3.12. The van der Waals surface area contributed by atoms with Crippen LogP contribution < -0.4 is 11.1 Å². The Labute approximate surface area is 95.0 Å². The minimum absolute atomic E-state index is 0.0359. The molecule has 1 rings (SSSR count). The molecule has 1 aromatic heterocycles. The van der Waals surface area contributed by atoms with E-state index < -0.39 is 16.5 Å². The highest BCUT2D eigenvalue weighted by Crippen LogP contribution is 2.27. The minimum Gasteiger partial charge on any atom is -0.370 e. The van der Waals surface area contributed by atoms with Crippen molar-refractivity contribution in [1.29, 1.82) is 0 Å². The Hall–Kier alpha value is -1.96. The summed E-state index contributed by atoms with van der Waals surface area (Å²) >= 11 is 5.54. The summed E-state index contributed by atoms with van der Waals surface area (Å²) in [5, 5.41) is 13.0. The van der Waals surface area contributed by atoms with Crippen molar-refractivity contribution in [2.45, 2.75) is 6.42 Å². The van der Waals surface area contributed by atoms with Gasteiger partial charge in [0.05, 0.1) is 4.92 Å². The number of nitrogens with one attached hydrogen (secondary N) is 1. The molecule has 16 heavy (non-hydrogen) atoms. The van der Waals surface area contributed by atoms with Crippen LogP contribution in [-0.4, -0.2) is 27.3 Å². The van der Waals surface area contributed by atoms with Gasteiger partial charge in [0.2, 0.25) is 16.9 Å². The highest BCUT2D eigenvalue weighted by molar-refractivity contribution is 6.31. The van der Waals surface area contributed by atoms with Crippen LogP contribution in [0.4, 0.5) is 11.5 Å². The molecule has 1 heterocycles. The molecule has 0 saturated heterocycles. The number of halogens is 1. The lowest BCUT2D eigenvalue weighted by Crippen LogP contribution is -2.16. The molecule has 8 nitrogen and oxygen atoms in total. The van der Waals surface area contributed by atoms with Gasteiger partial charge in [0, 0.05) is 13.0 Å². The molecule has 0 unspecified atom stereocenters. The molecule has 0 bridgehead atoms. The molecule has 1 aromatic rings. The molecule has 0 radical (unpaired) electrons. The molecular formula is C7H8ClN5O3. The summed E-state index contributed by atoms with van der Waals surface area (Å²) in [5.41, 5.74) is 4.49. The second kappa shape index (κ2) is 5.21. The van der Waals surface area contributed by atoms with Crippen LogP contribution >= 0.6 is 11.6 Å². The summed E-state index contributed by atoms with van der Waals surface area (Å²) in [6.45, 7) is 0.142. The lowest BCUT2D eigenvalue weighted by molar-refractivity contribution is -0.384. The number of primary amides is 1. The molecule has 0 aromatic carbocycles. The van der Waals surface area contributed by atoms with E-state index in [2.05, 4.69) is 15.3 Å². The van der Waals surface area contributed by atoms with E-state index in [9.17, 15) is 14.9 Å². The number of aromatic nitrogens is 2. The molecule has 0 spiro atoms. The first-order valence-electron chi connectivity index (χ1n) is 4.19. The first kappa shape index (κ1) is 12.1. The number of anilines is 1. The zero-order chi connectivity index (χ0) is 12.1. The van der Waals surface area contributed by atoms with E-state index in [1.54, 1.807) is 0 Å². The third-order valence-electron chi connectivity index (χ3n) is 1.62. The number of hydrogen-bond donors (Lipinski definition) is 2. The van der Waals surface area contributed by atoms with E-state index in [0.717, 1.165) is 6.33 Å². The maximum absolute atomic E-state index is 10.6. The van der Waals surface area contributed by atoms with Crippen molar-refractivity contribution in [1.82, 2.24) is 9.97 Å². The normalized spacial score (nSPS) is 9.81. The maximum atomic E-state index is 10.6. The first-order valence-corrected chi connectivity index (χ1v) is 4.57. The summed E-state index contributed by atoms with van der Waals surface area (Å²) in [6.07, 6.45) is 1.13. The summed E-state index contributed by atoms with van der Waals surface area (Å²) in [7, 11) is 0. The molecule has 3 N–H and O–H groups in total. The third-order valence-corrected chi connectivity index (χ3v) is 1.90. The summed E-state index contributed by atoms with van der Waals surface area (Å²) < 4.78 is 0. The van der Waals surface area contributed by atoms with E-state index in [0.29, 0.717) is 0 Å². The molecule has 0 aliphatic carbocycles. The number of amides is 1. The van der Waals surface area contributed by atoms with Gasteiger partial charge < -0.3 is 11.1 Å². The van der Waals surface area contributed by atoms with Gasteiger partial charge in [-0.3, -0.25) is 14.9 Å². The highest BCUT2D eigenvalue weighted by atomic mass is 35.5. The SMILES string of the molecule is NC(=O)CCNc1ncnc(Cl)c1[N+](=O)[O-]. The highest BCUT2D eigenvalue weighted by Gasteiger charge is 2.20. The summed E-state index contributed by atoms with van der Waals surface area (Å²) in [4.78, 5) is 27.6. The Morgan fingerprint density at radius 3 is 2.88 bits per heavy atom. The van der Waals surface area contributed by atoms with Crippen molar-refractivity contribution in [2.75, 3.05) is 11.9 Å². The number of nitrogens with two attached hydrogens (primary N) is 1. The van der Waals surface area contributed by atoms with Crippen LogP contribution in [0.3, 0.4) is 0 Å². The third kappa shape index (κ3) is 3.02. The molecule has 0 aliphatic rings. The van der Waals surface area contributed by atoms with Crippen LogP contribution in [0.15, 0.2) is 6.33 Å². The van der Waals surface area contributed by atoms with Crippen molar-refractivity contribution >= 4 is 29.0 Å². The van der Waals surface area contributed by atoms with Crippen molar-refractivity contribution in [3.63, 3.8) is 0 Å². The molecule has 0 aliphatic heterocycles. The summed E-state index contributed by atoms with van der Waals surface area (Å²) in [6, 6.07) is 0. The Morgan fingerprint density at radius 1 is 1.62 bits per heavy atom. The van der Waals surface area contributed by atoms with Crippen molar-refractivity contribution in [3.8, 4) is 0 Å². The number of carbonyl (C=O) groups is 1. The van der Waals surface area contributed by atoms with Crippen LogP contribution in [0.2, 0.25) is 5.15 Å². The fourth-order valence-corrected chi connectivity index (χ4v) is 1.15. The van der Waals surface area contributed by atoms with E-state index in [1.165, 1.54) is 0 Å². The zero-order valence-electron chi connectivity index (χ0n) is 8.01. The second-order valence-electron chi connectivity index (χ2n) is 2.76. The standard InChI is InChI=1S/C7H8ClN5O3/c8-6-5(13(15)16)7(12-3-11-6)10-2-1-4(9)14/h3H,1-2H2,(H2,9,14)(H,10,11,12). The van der Waals surface area contributed by atoms with Crippen LogP contribution in [0.25, 0.3) is 0 Å². The Balaban J connectivity index is 2.83. The van der Waals surface area contributed by atoms with Crippen molar-refractivity contribution in [3.05, 3.63) is 21.6 Å². The molecule has 9 heteroatoms. The predicted molar refractivity (Wildman–Crippen MR) is 56.0 cm³/mol. The zero-order valence-corrected chi connectivity index (χ0v) is 8.77. The van der Waals surface area contributed by atoms with Crippen LogP contribution in [0, 0.1) is 10.1 Å². The molecule has 86 valence electrons. The number of nitro groups is 1. The van der Waals surface area contributed by atoms with E-state index >= 15 is 0 Å². The van der Waals surface area contributed by atoms with E-state index in [1.807, 2.05) is 0 Å². The molecular weight excluding hydrogens is 238 g/mol. The lowest BCUT2D eigenvalue weighted by atomic mass is 10.4. The van der Waals surface area contributed by atoms with Crippen molar-refractivity contribution in [2.24, 2.45) is 5.73 Å². The smallest absolute Gasteiger partial charge is 0.348 e. The topological polar surface area (TPSA) is 124 Å². The molecule has 0 saturated carbocycles. The molecule has 0 atom stereocenters. The van der Waals surface area contributed by atoms with Crippen LogP contribution in [0.1, 0.15) is 6.42 Å². The maximum Gasteiger partial charge on any atom is 0.348 e. The minimum atomic E-state index is -0.699. The van der Waals surface area contributed by atoms with Gasteiger partial charge in [-0.05, 0) is 0 Å². The Kier molecular flexibility index (Phi) is 3.95. The Morgan fingerprint density at radius 2 is 2.31 bits per heavy atom. The van der Waals surface area contributed by atoms with E-state index in [-0.39, 0.29) is 23.9 Å². The van der Waals surface area contributed by atoms with Gasteiger partial charge >= 0.3 is 5.69 Å². The monoisotopic (exact) mass is 245 g/mol. The largest absolute Gasteiger partial charge is 0.370 e. The van der Waals surface area contributed by atoms with Crippen LogP contribution in [-0.2, 0) is 4.79 Å².